The van der Waals surface area contributed by atoms with Crippen molar-refractivity contribution in [2.75, 3.05) is 26.4 Å². The molecular weight excluding hydrogens is 372 g/mol. The Balaban J connectivity index is 0. The fourth-order valence-corrected chi connectivity index (χ4v) is 1.82. The highest BCUT2D eigenvalue weighted by atomic mass is 32.2. The van der Waals surface area contributed by atoms with Crippen LogP contribution in [0.4, 0.5) is 0 Å². The predicted molar refractivity (Wildman–Crippen MR) is 91.9 cm³/mol. The number of carbonyl (C=O) groups is 4. The molecule has 0 aliphatic heterocycles. The maximum Gasteiger partial charge on any atom is 0.414 e. The van der Waals surface area contributed by atoms with Gasteiger partial charge in [-0.3, -0.25) is 0 Å². The first-order valence-electron chi connectivity index (χ1n) is 6.93. The van der Waals surface area contributed by atoms with Gasteiger partial charge in [0.25, 0.3) is 0 Å². The van der Waals surface area contributed by atoms with Crippen LogP contribution in [0.2, 0.25) is 0 Å². The van der Waals surface area contributed by atoms with E-state index in [1.165, 1.54) is 0 Å². The lowest BCUT2D eigenvalue weighted by Crippen LogP contribution is -2.09. The van der Waals surface area contributed by atoms with Gasteiger partial charge < -0.3 is 35.5 Å². The van der Waals surface area contributed by atoms with Crippen molar-refractivity contribution in [3.05, 3.63) is 23.7 Å². The molecule has 26 heavy (non-hydrogen) atoms. The number of rotatable bonds is 6. The molecule has 0 aromatic carbocycles. The van der Waals surface area contributed by atoms with Gasteiger partial charge in [0, 0.05) is 12.3 Å². The molecule has 0 saturated carbocycles. The summed E-state index contributed by atoms with van der Waals surface area (Å²) >= 11 is 1.81. The highest BCUT2D eigenvalue weighted by molar-refractivity contribution is 7.98. The molecule has 0 aliphatic rings. The zero-order valence-electron chi connectivity index (χ0n) is 14.2. The molecule has 0 fully saturated rings. The Morgan fingerprint density at radius 3 is 1.73 bits per heavy atom. The second-order valence-electron chi connectivity index (χ2n) is 4.67. The summed E-state index contributed by atoms with van der Waals surface area (Å²) < 4.78 is 5.64. The van der Waals surface area contributed by atoms with E-state index < -0.39 is 23.9 Å². The Morgan fingerprint density at radius 2 is 1.38 bits per heavy atom. The van der Waals surface area contributed by atoms with Gasteiger partial charge in [-0.2, -0.15) is 11.8 Å². The maximum absolute atomic E-state index is 9.10. The Bertz CT molecular complexity index is 539. The van der Waals surface area contributed by atoms with Crippen LogP contribution in [-0.4, -0.2) is 75.6 Å². The third-order valence-electron chi connectivity index (χ3n) is 2.06. The molecule has 0 atom stereocenters. The number of nitrogens with zero attached hydrogens (tertiary/aromatic N) is 1. The summed E-state index contributed by atoms with van der Waals surface area (Å²) in [5.74, 6) is -3.32. The van der Waals surface area contributed by atoms with Gasteiger partial charge >= 0.3 is 23.9 Å². The number of hydrogen-bond donors (Lipinski definition) is 5. The van der Waals surface area contributed by atoms with E-state index in [1.54, 1.807) is 11.8 Å². The fraction of sp³-hybridized carbons (Fsp3) is 0.429. The van der Waals surface area contributed by atoms with Crippen molar-refractivity contribution in [1.82, 2.24) is 4.90 Å². The summed E-state index contributed by atoms with van der Waals surface area (Å²) in [6.45, 7) is 1.59. The van der Waals surface area contributed by atoms with Crippen molar-refractivity contribution < 1.29 is 44.0 Å². The highest BCUT2D eigenvalue weighted by Gasteiger charge is 2.04. The van der Waals surface area contributed by atoms with Crippen molar-refractivity contribution in [3.63, 3.8) is 0 Å². The number of aliphatic carboxylic acids is 4. The molecule has 6 N–H and O–H groups in total. The van der Waals surface area contributed by atoms with Gasteiger partial charge in [-0.05, 0) is 26.2 Å². The van der Waals surface area contributed by atoms with Crippen LogP contribution < -0.4 is 5.73 Å². The zero-order valence-corrected chi connectivity index (χ0v) is 15.1. The van der Waals surface area contributed by atoms with Gasteiger partial charge in [0.05, 0.1) is 12.3 Å². The second kappa shape index (κ2) is 14.7. The Labute approximate surface area is 153 Å². The third kappa shape index (κ3) is 16.3. The summed E-state index contributed by atoms with van der Waals surface area (Å²) in [6, 6.07) is 4.08. The first-order chi connectivity index (χ1) is 12.0. The van der Waals surface area contributed by atoms with Gasteiger partial charge in [-0.1, -0.05) is 0 Å². The SMILES string of the molecule is CN(C)Cc1ccc(CSCCN)o1.O=C(O)C(=O)O.O=C(O)C(=O)O. The minimum Gasteiger partial charge on any atom is -0.473 e. The normalized spacial score (nSPS) is 9.38. The lowest BCUT2D eigenvalue weighted by Gasteiger charge is -2.05. The Morgan fingerprint density at radius 1 is 0.962 bits per heavy atom. The maximum atomic E-state index is 9.10. The van der Waals surface area contributed by atoms with E-state index in [9.17, 15) is 0 Å². The van der Waals surface area contributed by atoms with Crippen molar-refractivity contribution in [3.8, 4) is 0 Å². The standard InChI is InChI=1S/C10H18N2OS.2C2H2O4/c1-12(2)7-9-3-4-10(13-9)8-14-6-5-11;2*3-1(4)2(5)6/h3-4H,5-8,11H2,1-2H3;2*(H,3,4)(H,5,6). The minimum atomic E-state index is -1.82. The van der Waals surface area contributed by atoms with Crippen LogP contribution in [0, 0.1) is 0 Å². The molecule has 0 saturated heterocycles. The van der Waals surface area contributed by atoms with E-state index >= 15 is 0 Å². The zero-order chi connectivity index (χ0) is 20.7. The van der Waals surface area contributed by atoms with Crippen LogP contribution >= 0.6 is 11.8 Å². The molecule has 0 aliphatic carbocycles. The number of carboxylic acid groups (broad SMARTS) is 4. The average Bonchev–Trinajstić information content (AvgIpc) is 2.95. The highest BCUT2D eigenvalue weighted by Crippen LogP contribution is 2.15. The monoisotopic (exact) mass is 394 g/mol. The average molecular weight is 394 g/mol. The van der Waals surface area contributed by atoms with Crippen LogP contribution in [0.25, 0.3) is 0 Å². The first-order valence-corrected chi connectivity index (χ1v) is 8.09. The summed E-state index contributed by atoms with van der Waals surface area (Å²) in [5, 5.41) is 29.6. The van der Waals surface area contributed by atoms with E-state index in [2.05, 4.69) is 4.90 Å². The lowest BCUT2D eigenvalue weighted by molar-refractivity contribution is -0.159. The summed E-state index contributed by atoms with van der Waals surface area (Å²) in [7, 11) is 4.07. The van der Waals surface area contributed by atoms with Gasteiger partial charge in [-0.25, -0.2) is 19.2 Å². The third-order valence-corrected chi connectivity index (χ3v) is 3.07. The van der Waals surface area contributed by atoms with Crippen LogP contribution in [0.1, 0.15) is 11.5 Å². The smallest absolute Gasteiger partial charge is 0.414 e. The number of thioether (sulfide) groups is 1. The van der Waals surface area contributed by atoms with Crippen molar-refractivity contribution >= 4 is 35.6 Å². The van der Waals surface area contributed by atoms with Gasteiger partial charge in [0.1, 0.15) is 11.5 Å². The van der Waals surface area contributed by atoms with Crippen LogP contribution in [0.3, 0.4) is 0 Å². The molecule has 0 amide bonds. The topological polar surface area (TPSA) is 192 Å². The summed E-state index contributed by atoms with van der Waals surface area (Å²) in [4.78, 5) is 38.5. The number of furan rings is 1. The summed E-state index contributed by atoms with van der Waals surface area (Å²) in [6.07, 6.45) is 0. The Kier molecular flexibility index (Phi) is 14.6. The van der Waals surface area contributed by atoms with E-state index in [1.807, 2.05) is 26.2 Å². The van der Waals surface area contributed by atoms with Crippen LogP contribution in [0.5, 0.6) is 0 Å². The molecule has 148 valence electrons. The quantitative estimate of drug-likeness (QED) is 0.317. The van der Waals surface area contributed by atoms with E-state index in [-0.39, 0.29) is 0 Å². The van der Waals surface area contributed by atoms with E-state index in [4.69, 9.17) is 49.8 Å². The van der Waals surface area contributed by atoms with Crippen LogP contribution in [0.15, 0.2) is 16.5 Å². The largest absolute Gasteiger partial charge is 0.473 e. The molecule has 0 radical (unpaired) electrons. The van der Waals surface area contributed by atoms with E-state index in [0.29, 0.717) is 0 Å². The number of carboxylic acids is 4. The number of nitrogens with two attached hydrogens (primary N) is 1. The lowest BCUT2D eigenvalue weighted by atomic mass is 10.4. The number of hydrogen-bond acceptors (Lipinski definition) is 8. The molecule has 0 unspecified atom stereocenters. The minimum absolute atomic E-state index is 0.732. The molecule has 11 nitrogen and oxygen atoms in total. The van der Waals surface area contributed by atoms with Crippen molar-refractivity contribution in [2.24, 2.45) is 5.73 Å². The molecule has 1 heterocycles. The van der Waals surface area contributed by atoms with E-state index in [0.717, 1.165) is 36.1 Å². The molecule has 1 aromatic rings. The van der Waals surface area contributed by atoms with Gasteiger partial charge in [0.15, 0.2) is 0 Å². The van der Waals surface area contributed by atoms with Crippen molar-refractivity contribution in [2.45, 2.75) is 12.3 Å². The molecular formula is C14H22N2O9S. The van der Waals surface area contributed by atoms with Gasteiger partial charge in [0.2, 0.25) is 0 Å². The van der Waals surface area contributed by atoms with Crippen LogP contribution in [-0.2, 0) is 31.5 Å². The first kappa shape index (κ1) is 25.7. The second-order valence-corrected chi connectivity index (χ2v) is 5.77. The molecule has 1 rings (SSSR count). The predicted octanol–water partition coefficient (Wildman–Crippen LogP) is -0.156. The molecule has 0 spiro atoms. The summed E-state index contributed by atoms with van der Waals surface area (Å²) in [5.41, 5.74) is 5.41. The Hall–Kier alpha value is -2.57. The van der Waals surface area contributed by atoms with Crippen molar-refractivity contribution in [1.29, 1.82) is 0 Å². The molecule has 12 heteroatoms. The fourth-order valence-electron chi connectivity index (χ4n) is 1.15. The van der Waals surface area contributed by atoms with Gasteiger partial charge in [-0.15, -0.1) is 0 Å². The molecule has 0 bridgehead atoms. The molecule has 1 aromatic heterocycles.